The third-order valence-corrected chi connectivity index (χ3v) is 8.99. The lowest BCUT2D eigenvalue weighted by Crippen LogP contribution is -2.38. The summed E-state index contributed by atoms with van der Waals surface area (Å²) in [5.74, 6) is 1.69. The first kappa shape index (κ1) is 31.9. The van der Waals surface area contributed by atoms with Crippen molar-refractivity contribution in [2.24, 2.45) is 0 Å². The number of nitrogens with zero attached hydrogens (tertiary/aromatic N) is 3. The van der Waals surface area contributed by atoms with Crippen LogP contribution in [0.3, 0.4) is 0 Å². The molecule has 1 aromatic heterocycles. The molecule has 0 amide bonds. The molecule has 0 bridgehead atoms. The van der Waals surface area contributed by atoms with Crippen LogP contribution in [0.2, 0.25) is 5.02 Å². The first-order valence-electron chi connectivity index (χ1n) is 13.9. The van der Waals surface area contributed by atoms with Crippen molar-refractivity contribution in [1.82, 2.24) is 9.55 Å². The monoisotopic (exact) mass is 651 g/mol. The SMILES string of the molecule is CCn1cc(-c2ccc(C)cc2Cl)nc1/C=C/c1ccc(-c2ccc(Oc3ccc(N(C)S(=O)(=O)C(F)(F)F)cc3)cc2)cc1. The zero-order valence-corrected chi connectivity index (χ0v) is 26.2. The molecular weight excluding hydrogens is 623 g/mol. The molecule has 0 aliphatic carbocycles. The number of aryl methyl sites for hydroxylation is 2. The number of anilines is 1. The van der Waals surface area contributed by atoms with Gasteiger partial charge in [0.1, 0.15) is 17.3 Å². The molecule has 0 spiro atoms. The minimum absolute atomic E-state index is 0.138. The number of hydrogen-bond donors (Lipinski definition) is 0. The van der Waals surface area contributed by atoms with Crippen LogP contribution in [0.15, 0.2) is 97.2 Å². The van der Waals surface area contributed by atoms with Gasteiger partial charge in [0.25, 0.3) is 0 Å². The van der Waals surface area contributed by atoms with Crippen molar-refractivity contribution in [3.8, 4) is 33.9 Å². The fraction of sp³-hybridized carbons (Fsp3) is 0.147. The van der Waals surface area contributed by atoms with E-state index in [1.807, 2.05) is 79.9 Å². The molecule has 0 aliphatic heterocycles. The molecule has 0 N–H and O–H groups in total. The van der Waals surface area contributed by atoms with Gasteiger partial charge in [-0.1, -0.05) is 66.2 Å². The third kappa shape index (κ3) is 7.08. The maximum absolute atomic E-state index is 12.8. The number of alkyl halides is 3. The number of hydrogen-bond acceptors (Lipinski definition) is 4. The fourth-order valence-corrected chi connectivity index (χ4v) is 5.64. The Morgan fingerprint density at radius 2 is 1.47 bits per heavy atom. The van der Waals surface area contributed by atoms with E-state index in [0.29, 0.717) is 16.5 Å². The Kier molecular flexibility index (Phi) is 9.08. The largest absolute Gasteiger partial charge is 0.516 e. The Morgan fingerprint density at radius 1 is 0.889 bits per heavy atom. The van der Waals surface area contributed by atoms with Gasteiger partial charge in [0.15, 0.2) is 0 Å². The molecule has 0 aliphatic rings. The van der Waals surface area contributed by atoms with Gasteiger partial charge >= 0.3 is 15.5 Å². The number of halogens is 4. The normalized spacial score (nSPS) is 12.1. The first-order valence-corrected chi connectivity index (χ1v) is 15.7. The van der Waals surface area contributed by atoms with Gasteiger partial charge < -0.3 is 9.30 Å². The second-order valence-electron chi connectivity index (χ2n) is 10.2. The zero-order valence-electron chi connectivity index (χ0n) is 24.6. The number of aromatic nitrogens is 2. The molecule has 1 heterocycles. The van der Waals surface area contributed by atoms with Crippen LogP contribution < -0.4 is 9.04 Å². The minimum Gasteiger partial charge on any atom is -0.457 e. The van der Waals surface area contributed by atoms with Gasteiger partial charge in [-0.2, -0.15) is 21.6 Å². The highest BCUT2D eigenvalue weighted by Crippen LogP contribution is 2.32. The van der Waals surface area contributed by atoms with Crippen LogP contribution in [0.1, 0.15) is 23.9 Å². The van der Waals surface area contributed by atoms with Crippen LogP contribution in [0, 0.1) is 6.92 Å². The number of sulfonamides is 1. The molecule has 5 aromatic rings. The van der Waals surface area contributed by atoms with E-state index in [1.54, 1.807) is 12.1 Å². The summed E-state index contributed by atoms with van der Waals surface area (Å²) < 4.78 is 69.8. The van der Waals surface area contributed by atoms with Crippen molar-refractivity contribution in [2.45, 2.75) is 25.9 Å². The minimum atomic E-state index is -5.48. The average Bonchev–Trinajstić information content (AvgIpc) is 3.43. The highest BCUT2D eigenvalue weighted by Gasteiger charge is 2.49. The molecule has 5 rings (SSSR count). The Balaban J connectivity index is 1.24. The second-order valence-corrected chi connectivity index (χ2v) is 12.6. The standard InChI is InChI=1S/C34H29ClF3N3O3S/c1-4-41-22-32(30-19-5-23(2)21-31(30)35)39-33(41)20-8-24-6-9-25(10-7-24)26-11-15-28(16-12-26)44-29-17-13-27(14-18-29)40(3)45(42,43)34(36,37)38/h5-22H,4H2,1-3H3/b20-8+. The lowest BCUT2D eigenvalue weighted by atomic mass is 10.0. The molecule has 0 atom stereocenters. The molecule has 0 saturated carbocycles. The smallest absolute Gasteiger partial charge is 0.457 e. The second kappa shape index (κ2) is 12.8. The van der Waals surface area contributed by atoms with E-state index < -0.39 is 15.5 Å². The van der Waals surface area contributed by atoms with Crippen molar-refractivity contribution >= 4 is 39.5 Å². The Hall–Kier alpha value is -4.54. The summed E-state index contributed by atoms with van der Waals surface area (Å²) in [6.07, 6.45) is 6.00. The van der Waals surface area contributed by atoms with Gasteiger partial charge in [-0.05, 0) is 84.6 Å². The number of ether oxygens (including phenoxy) is 1. The van der Waals surface area contributed by atoms with Crippen molar-refractivity contribution < 1.29 is 26.3 Å². The van der Waals surface area contributed by atoms with Crippen LogP contribution in [0.4, 0.5) is 18.9 Å². The van der Waals surface area contributed by atoms with Crippen molar-refractivity contribution in [3.05, 3.63) is 119 Å². The molecule has 0 unspecified atom stereocenters. The van der Waals surface area contributed by atoms with E-state index in [4.69, 9.17) is 21.3 Å². The predicted molar refractivity (Wildman–Crippen MR) is 174 cm³/mol. The maximum atomic E-state index is 12.8. The molecule has 0 fully saturated rings. The van der Waals surface area contributed by atoms with Crippen LogP contribution >= 0.6 is 11.6 Å². The van der Waals surface area contributed by atoms with E-state index in [0.717, 1.165) is 52.9 Å². The van der Waals surface area contributed by atoms with Gasteiger partial charge in [-0.25, -0.2) is 4.98 Å². The molecule has 45 heavy (non-hydrogen) atoms. The van der Waals surface area contributed by atoms with Gasteiger partial charge in [-0.3, -0.25) is 4.31 Å². The van der Waals surface area contributed by atoms with Gasteiger partial charge in [-0.15, -0.1) is 0 Å². The Bertz CT molecular complexity index is 1940. The summed E-state index contributed by atoms with van der Waals surface area (Å²) in [5, 5.41) is 0.672. The maximum Gasteiger partial charge on any atom is 0.516 e. The summed E-state index contributed by atoms with van der Waals surface area (Å²) in [4.78, 5) is 4.80. The molecule has 232 valence electrons. The van der Waals surface area contributed by atoms with Gasteiger partial charge in [0.2, 0.25) is 0 Å². The summed E-state index contributed by atoms with van der Waals surface area (Å²) in [5.41, 5.74) is 0.264. The first-order chi connectivity index (χ1) is 21.4. The van der Waals surface area contributed by atoms with Crippen LogP contribution in [-0.2, 0) is 16.6 Å². The summed E-state index contributed by atoms with van der Waals surface area (Å²) in [6, 6.07) is 26.7. The van der Waals surface area contributed by atoms with E-state index in [9.17, 15) is 21.6 Å². The molecular formula is C34H29ClF3N3O3S. The topological polar surface area (TPSA) is 64.4 Å². The van der Waals surface area contributed by atoms with Gasteiger partial charge in [0.05, 0.1) is 16.4 Å². The zero-order chi connectivity index (χ0) is 32.4. The lowest BCUT2D eigenvalue weighted by molar-refractivity contribution is -0.0437. The predicted octanol–water partition coefficient (Wildman–Crippen LogP) is 9.45. The quantitative estimate of drug-likeness (QED) is 0.159. The average molecular weight is 652 g/mol. The Morgan fingerprint density at radius 3 is 2.02 bits per heavy atom. The molecule has 4 aromatic carbocycles. The summed E-state index contributed by atoms with van der Waals surface area (Å²) in [7, 11) is -4.64. The van der Waals surface area contributed by atoms with Crippen LogP contribution in [0.25, 0.3) is 34.5 Å². The molecule has 6 nitrogen and oxygen atoms in total. The number of rotatable bonds is 9. The molecule has 11 heteroatoms. The highest BCUT2D eigenvalue weighted by atomic mass is 35.5. The van der Waals surface area contributed by atoms with E-state index in [1.165, 1.54) is 24.3 Å². The fourth-order valence-electron chi connectivity index (χ4n) is 4.60. The number of benzene rings is 4. The molecule has 0 saturated heterocycles. The third-order valence-electron chi connectivity index (χ3n) is 7.16. The lowest BCUT2D eigenvalue weighted by Gasteiger charge is -2.21. The summed E-state index contributed by atoms with van der Waals surface area (Å²) in [6.45, 7) is 4.83. The van der Waals surface area contributed by atoms with E-state index in [2.05, 4.69) is 11.5 Å². The Labute approximate surface area is 265 Å². The van der Waals surface area contributed by atoms with Gasteiger partial charge in [0, 0.05) is 25.4 Å². The highest BCUT2D eigenvalue weighted by molar-refractivity contribution is 7.93. The molecule has 0 radical (unpaired) electrons. The van der Waals surface area contributed by atoms with Crippen LogP contribution in [-0.4, -0.2) is 30.5 Å². The van der Waals surface area contributed by atoms with E-state index in [-0.39, 0.29) is 9.99 Å². The van der Waals surface area contributed by atoms with Crippen molar-refractivity contribution in [3.63, 3.8) is 0 Å². The van der Waals surface area contributed by atoms with Crippen molar-refractivity contribution in [2.75, 3.05) is 11.4 Å². The van der Waals surface area contributed by atoms with Crippen molar-refractivity contribution in [1.29, 1.82) is 0 Å². The summed E-state index contributed by atoms with van der Waals surface area (Å²) >= 11 is 6.47. The van der Waals surface area contributed by atoms with Crippen LogP contribution in [0.5, 0.6) is 11.5 Å². The number of imidazole rings is 1. The van der Waals surface area contributed by atoms with E-state index >= 15 is 0 Å².